The second-order valence-electron chi connectivity index (χ2n) is 5.39. The summed E-state index contributed by atoms with van der Waals surface area (Å²) in [7, 11) is 3.61. The van der Waals surface area contributed by atoms with Gasteiger partial charge in [-0.2, -0.15) is 0 Å². The van der Waals surface area contributed by atoms with Crippen molar-refractivity contribution in [1.29, 1.82) is 0 Å². The molecule has 2 aromatic carbocycles. The van der Waals surface area contributed by atoms with Crippen LogP contribution < -0.4 is 4.74 Å². The molecule has 114 valence electrons. The Kier molecular flexibility index (Phi) is 5.07. The van der Waals surface area contributed by atoms with Gasteiger partial charge in [-0.25, -0.2) is 0 Å². The van der Waals surface area contributed by atoms with E-state index in [1.165, 1.54) is 21.6 Å². The van der Waals surface area contributed by atoms with Crippen LogP contribution in [0.1, 0.15) is 21.9 Å². The molecule has 0 aromatic heterocycles. The Hall–Kier alpha value is -1.03. The molecule has 0 radical (unpaired) electrons. The van der Waals surface area contributed by atoms with Crippen LogP contribution in [0.25, 0.3) is 0 Å². The van der Waals surface area contributed by atoms with Crippen molar-refractivity contribution >= 4 is 33.2 Å². The highest BCUT2D eigenvalue weighted by atomic mass is 35.5. The number of halogens is 1. The van der Waals surface area contributed by atoms with Crippen molar-refractivity contribution < 1.29 is 4.74 Å². The standard InChI is InChI=1S/C18H17ClOS2/c1-12-3-6-15(7-4-12)21-22-18-14(10-19)11-20-17-8-5-13(2)9-16(17)18/h3-10,18H,11H2,1-2H3/b14-10+. The van der Waals surface area contributed by atoms with E-state index in [0.29, 0.717) is 6.61 Å². The lowest BCUT2D eigenvalue weighted by Crippen LogP contribution is -2.15. The van der Waals surface area contributed by atoms with Gasteiger partial charge in [0.15, 0.2) is 0 Å². The van der Waals surface area contributed by atoms with Gasteiger partial charge >= 0.3 is 0 Å². The smallest absolute Gasteiger partial charge is 0.124 e. The van der Waals surface area contributed by atoms with Crippen molar-refractivity contribution in [2.75, 3.05) is 6.61 Å². The monoisotopic (exact) mass is 348 g/mol. The highest BCUT2D eigenvalue weighted by Crippen LogP contribution is 2.51. The van der Waals surface area contributed by atoms with Crippen molar-refractivity contribution in [2.45, 2.75) is 24.0 Å². The predicted molar refractivity (Wildman–Crippen MR) is 98.0 cm³/mol. The SMILES string of the molecule is Cc1ccc(SSC2/C(=C/Cl)COc3ccc(C)cc32)cc1. The molecule has 1 aliphatic rings. The van der Waals surface area contributed by atoms with Gasteiger partial charge in [0, 0.05) is 16.0 Å². The van der Waals surface area contributed by atoms with Crippen LogP contribution in [0.15, 0.2) is 58.5 Å². The maximum Gasteiger partial charge on any atom is 0.124 e. The van der Waals surface area contributed by atoms with E-state index in [-0.39, 0.29) is 5.25 Å². The zero-order valence-corrected chi connectivity index (χ0v) is 14.9. The summed E-state index contributed by atoms with van der Waals surface area (Å²) in [5, 5.41) is 0.229. The molecule has 1 unspecified atom stereocenters. The molecule has 0 bridgehead atoms. The summed E-state index contributed by atoms with van der Waals surface area (Å²) < 4.78 is 5.80. The summed E-state index contributed by atoms with van der Waals surface area (Å²) in [6.45, 7) is 4.77. The fourth-order valence-electron chi connectivity index (χ4n) is 2.34. The van der Waals surface area contributed by atoms with E-state index in [1.807, 2.05) is 10.8 Å². The van der Waals surface area contributed by atoms with Crippen LogP contribution in [0, 0.1) is 13.8 Å². The van der Waals surface area contributed by atoms with Gasteiger partial charge in [0.2, 0.25) is 0 Å². The zero-order chi connectivity index (χ0) is 15.5. The van der Waals surface area contributed by atoms with Gasteiger partial charge in [-0.15, -0.1) is 0 Å². The first-order valence-electron chi connectivity index (χ1n) is 7.10. The molecule has 0 amide bonds. The molecule has 1 heterocycles. The fraction of sp³-hybridized carbons (Fsp3) is 0.222. The average Bonchev–Trinajstić information content (AvgIpc) is 2.54. The lowest BCUT2D eigenvalue weighted by atomic mass is 10.0. The van der Waals surface area contributed by atoms with Gasteiger partial charge in [0.25, 0.3) is 0 Å². The van der Waals surface area contributed by atoms with Crippen LogP contribution in [0.3, 0.4) is 0 Å². The lowest BCUT2D eigenvalue weighted by Gasteiger charge is -2.27. The van der Waals surface area contributed by atoms with Crippen molar-refractivity contribution in [3.8, 4) is 5.75 Å². The lowest BCUT2D eigenvalue weighted by molar-refractivity contribution is 0.331. The Morgan fingerprint density at radius 1 is 1.09 bits per heavy atom. The Balaban J connectivity index is 1.84. The molecule has 0 saturated heterocycles. The maximum absolute atomic E-state index is 6.02. The van der Waals surface area contributed by atoms with E-state index >= 15 is 0 Å². The first kappa shape index (κ1) is 15.9. The molecule has 0 spiro atoms. The summed E-state index contributed by atoms with van der Waals surface area (Å²) >= 11 is 6.02. The van der Waals surface area contributed by atoms with Crippen molar-refractivity contribution in [3.63, 3.8) is 0 Å². The number of benzene rings is 2. The van der Waals surface area contributed by atoms with E-state index in [9.17, 15) is 0 Å². The molecule has 4 heteroatoms. The summed E-state index contributed by atoms with van der Waals surface area (Å²) in [6, 6.07) is 14.9. The van der Waals surface area contributed by atoms with Crippen LogP contribution in [-0.4, -0.2) is 6.61 Å². The minimum Gasteiger partial charge on any atom is -0.489 e. The molecule has 22 heavy (non-hydrogen) atoms. The summed E-state index contributed by atoms with van der Waals surface area (Å²) in [5.41, 5.74) is 6.51. The number of rotatable bonds is 3. The Bertz CT molecular complexity index is 695. The molecule has 1 nitrogen and oxygen atoms in total. The van der Waals surface area contributed by atoms with Crippen LogP contribution >= 0.6 is 33.2 Å². The normalized spacial score (nSPS) is 18.9. The molecule has 0 N–H and O–H groups in total. The highest BCUT2D eigenvalue weighted by Gasteiger charge is 2.26. The molecule has 3 rings (SSSR count). The Morgan fingerprint density at radius 3 is 2.55 bits per heavy atom. The maximum atomic E-state index is 6.02. The third-order valence-electron chi connectivity index (χ3n) is 3.58. The van der Waals surface area contributed by atoms with Gasteiger partial charge in [-0.1, -0.05) is 68.6 Å². The van der Waals surface area contributed by atoms with Gasteiger partial charge in [-0.05, 0) is 37.6 Å². The molecule has 0 fully saturated rings. The summed E-state index contributed by atoms with van der Waals surface area (Å²) in [4.78, 5) is 1.25. The van der Waals surface area contributed by atoms with Crippen molar-refractivity contribution in [1.82, 2.24) is 0 Å². The quantitative estimate of drug-likeness (QED) is 0.602. The van der Waals surface area contributed by atoms with E-state index in [1.54, 1.807) is 16.3 Å². The second-order valence-corrected chi connectivity index (χ2v) is 7.98. The predicted octanol–water partition coefficient (Wildman–Crippen LogP) is 6.30. The Morgan fingerprint density at radius 2 is 1.82 bits per heavy atom. The summed E-state index contributed by atoms with van der Waals surface area (Å²) in [6.07, 6.45) is 0. The van der Waals surface area contributed by atoms with Gasteiger partial charge < -0.3 is 4.74 Å². The van der Waals surface area contributed by atoms with Crippen molar-refractivity contribution in [2.24, 2.45) is 0 Å². The highest BCUT2D eigenvalue weighted by molar-refractivity contribution is 8.76. The van der Waals surface area contributed by atoms with Crippen molar-refractivity contribution in [3.05, 3.63) is 70.3 Å². The van der Waals surface area contributed by atoms with Crippen LogP contribution in [-0.2, 0) is 0 Å². The molecule has 1 aliphatic heterocycles. The van der Waals surface area contributed by atoms with Crippen LogP contribution in [0.2, 0.25) is 0 Å². The topological polar surface area (TPSA) is 9.23 Å². The second kappa shape index (κ2) is 7.03. The van der Waals surface area contributed by atoms with Gasteiger partial charge in [-0.3, -0.25) is 0 Å². The van der Waals surface area contributed by atoms with E-state index in [4.69, 9.17) is 16.3 Å². The molecule has 0 saturated carbocycles. The summed E-state index contributed by atoms with van der Waals surface area (Å²) in [5.74, 6) is 0.967. The number of hydrogen-bond acceptors (Lipinski definition) is 3. The molecular formula is C18H17ClOS2. The Labute approximate surface area is 144 Å². The fourth-order valence-corrected chi connectivity index (χ4v) is 5.24. The largest absolute Gasteiger partial charge is 0.489 e. The van der Waals surface area contributed by atoms with Gasteiger partial charge in [0.05, 0.1) is 5.25 Å². The average molecular weight is 349 g/mol. The minimum absolute atomic E-state index is 0.229. The number of fused-ring (bicyclic) bond motifs is 1. The molecule has 2 aromatic rings. The third-order valence-corrected chi connectivity index (χ3v) is 6.61. The molecule has 0 aliphatic carbocycles. The third kappa shape index (κ3) is 3.48. The zero-order valence-electron chi connectivity index (χ0n) is 12.5. The number of hydrogen-bond donors (Lipinski definition) is 0. The first-order chi connectivity index (χ1) is 10.7. The van der Waals surface area contributed by atoms with E-state index in [2.05, 4.69) is 56.3 Å². The first-order valence-corrected chi connectivity index (χ1v) is 9.75. The van der Waals surface area contributed by atoms with Crippen LogP contribution in [0.5, 0.6) is 5.75 Å². The molecule has 1 atom stereocenters. The van der Waals surface area contributed by atoms with E-state index in [0.717, 1.165) is 11.3 Å². The number of ether oxygens (including phenoxy) is 1. The van der Waals surface area contributed by atoms with E-state index < -0.39 is 0 Å². The number of aryl methyl sites for hydroxylation is 2. The molecular weight excluding hydrogens is 332 g/mol. The van der Waals surface area contributed by atoms with Crippen LogP contribution in [0.4, 0.5) is 0 Å². The van der Waals surface area contributed by atoms with Gasteiger partial charge in [0.1, 0.15) is 12.4 Å². The minimum atomic E-state index is 0.229.